The van der Waals surface area contributed by atoms with Crippen LogP contribution in [-0.2, 0) is 14.3 Å². The molecule has 2 aliphatic rings. The second-order valence-corrected chi connectivity index (χ2v) is 7.29. The van der Waals surface area contributed by atoms with Crippen LogP contribution >= 0.6 is 11.8 Å². The molecule has 3 unspecified atom stereocenters. The Labute approximate surface area is 144 Å². The Bertz CT molecular complexity index is 675. The SMILES string of the molecule is CC(C)NC(=O)OCC1CSC2c3ccccc3C(=O)C(=O)C2O1. The van der Waals surface area contributed by atoms with Gasteiger partial charge in [0.25, 0.3) is 0 Å². The molecule has 1 fully saturated rings. The second kappa shape index (κ2) is 6.94. The molecule has 0 bridgehead atoms. The molecule has 3 rings (SSSR count). The number of hydrogen-bond donors (Lipinski definition) is 1. The number of Topliss-reactive ketones (excluding diaryl/α,β-unsaturated/α-hetero) is 2. The van der Waals surface area contributed by atoms with Crippen LogP contribution in [0.1, 0.15) is 35.0 Å². The van der Waals surface area contributed by atoms with Gasteiger partial charge in [-0.15, -0.1) is 11.8 Å². The highest BCUT2D eigenvalue weighted by molar-refractivity contribution is 7.99. The summed E-state index contributed by atoms with van der Waals surface area (Å²) < 4.78 is 10.9. The Morgan fingerprint density at radius 1 is 1.38 bits per heavy atom. The van der Waals surface area contributed by atoms with Crippen LogP contribution in [0, 0.1) is 0 Å². The van der Waals surface area contributed by atoms with Gasteiger partial charge < -0.3 is 14.8 Å². The number of thioether (sulfide) groups is 1. The van der Waals surface area contributed by atoms with Crippen LogP contribution in [0.3, 0.4) is 0 Å². The monoisotopic (exact) mass is 349 g/mol. The van der Waals surface area contributed by atoms with Gasteiger partial charge in [-0.05, 0) is 19.4 Å². The molecule has 7 heteroatoms. The first-order valence-corrected chi connectivity index (χ1v) is 8.90. The number of nitrogens with one attached hydrogen (secondary N) is 1. The van der Waals surface area contributed by atoms with E-state index in [0.717, 1.165) is 5.56 Å². The van der Waals surface area contributed by atoms with Gasteiger partial charge in [-0.3, -0.25) is 9.59 Å². The van der Waals surface area contributed by atoms with Gasteiger partial charge in [0.05, 0.1) is 5.25 Å². The number of ether oxygens (including phenoxy) is 2. The molecule has 24 heavy (non-hydrogen) atoms. The average molecular weight is 349 g/mol. The first-order chi connectivity index (χ1) is 11.5. The van der Waals surface area contributed by atoms with E-state index in [2.05, 4.69) is 5.32 Å². The van der Waals surface area contributed by atoms with Crippen molar-refractivity contribution in [2.45, 2.75) is 37.3 Å². The van der Waals surface area contributed by atoms with Crippen molar-refractivity contribution in [2.75, 3.05) is 12.4 Å². The van der Waals surface area contributed by atoms with Crippen molar-refractivity contribution >= 4 is 29.4 Å². The van der Waals surface area contributed by atoms with E-state index in [9.17, 15) is 14.4 Å². The summed E-state index contributed by atoms with van der Waals surface area (Å²) in [5, 5.41) is 2.44. The van der Waals surface area contributed by atoms with Crippen molar-refractivity contribution in [3.05, 3.63) is 35.4 Å². The lowest BCUT2D eigenvalue weighted by atomic mass is 9.87. The second-order valence-electron chi connectivity index (χ2n) is 6.11. The standard InChI is InChI=1S/C17H19NO5S/c1-9(2)18-17(21)22-7-10-8-24-16-12-6-4-3-5-11(12)13(19)14(20)15(16)23-10/h3-6,9-10,15-16H,7-8H2,1-2H3,(H,18,21). The molecule has 0 radical (unpaired) electrons. The molecular weight excluding hydrogens is 330 g/mol. The maximum atomic E-state index is 12.3. The maximum Gasteiger partial charge on any atom is 0.407 e. The Hall–Kier alpha value is -1.86. The largest absolute Gasteiger partial charge is 0.447 e. The summed E-state index contributed by atoms with van der Waals surface area (Å²) in [6.45, 7) is 3.73. The first kappa shape index (κ1) is 17.0. The topological polar surface area (TPSA) is 81.7 Å². The fourth-order valence-corrected chi connectivity index (χ4v) is 4.16. The van der Waals surface area contributed by atoms with Crippen LogP contribution in [-0.4, -0.2) is 48.3 Å². The van der Waals surface area contributed by atoms with Crippen molar-refractivity contribution < 1.29 is 23.9 Å². The summed E-state index contributed by atoms with van der Waals surface area (Å²) >= 11 is 1.56. The van der Waals surface area contributed by atoms with Crippen molar-refractivity contribution in [1.29, 1.82) is 0 Å². The third-order valence-corrected chi connectivity index (χ3v) is 5.30. The smallest absolute Gasteiger partial charge is 0.407 e. The molecule has 6 nitrogen and oxygen atoms in total. The van der Waals surface area contributed by atoms with Gasteiger partial charge in [0, 0.05) is 17.4 Å². The summed E-state index contributed by atoms with van der Waals surface area (Å²) in [5.74, 6) is -0.444. The van der Waals surface area contributed by atoms with Crippen LogP contribution in [0.2, 0.25) is 0 Å². The van der Waals surface area contributed by atoms with Crippen LogP contribution in [0.25, 0.3) is 0 Å². The molecule has 0 saturated carbocycles. The molecule has 0 spiro atoms. The molecule has 3 atom stereocenters. The molecule has 1 aliphatic carbocycles. The third-order valence-electron chi connectivity index (χ3n) is 3.88. The Balaban J connectivity index is 1.67. The highest BCUT2D eigenvalue weighted by atomic mass is 32.2. The quantitative estimate of drug-likeness (QED) is 0.842. The maximum absolute atomic E-state index is 12.3. The van der Waals surface area contributed by atoms with E-state index in [1.807, 2.05) is 26.0 Å². The van der Waals surface area contributed by atoms with E-state index in [1.165, 1.54) is 0 Å². The van der Waals surface area contributed by atoms with Crippen LogP contribution < -0.4 is 5.32 Å². The molecule has 1 N–H and O–H groups in total. The molecule has 1 heterocycles. The van der Waals surface area contributed by atoms with Gasteiger partial charge in [0.1, 0.15) is 18.8 Å². The van der Waals surface area contributed by atoms with Crippen molar-refractivity contribution in [3.63, 3.8) is 0 Å². The fourth-order valence-electron chi connectivity index (χ4n) is 2.82. The van der Waals surface area contributed by atoms with E-state index >= 15 is 0 Å². The molecule has 128 valence electrons. The van der Waals surface area contributed by atoms with E-state index in [0.29, 0.717) is 11.3 Å². The number of ketones is 2. The predicted molar refractivity (Wildman–Crippen MR) is 89.3 cm³/mol. The van der Waals surface area contributed by atoms with Crippen molar-refractivity contribution in [3.8, 4) is 0 Å². The predicted octanol–water partition coefficient (Wildman–Crippen LogP) is 2.13. The van der Waals surface area contributed by atoms with Gasteiger partial charge in [-0.25, -0.2) is 4.79 Å². The molecule has 0 aromatic heterocycles. The average Bonchev–Trinajstić information content (AvgIpc) is 2.57. The van der Waals surface area contributed by atoms with Gasteiger partial charge in [-0.2, -0.15) is 0 Å². The number of alkyl carbamates (subject to hydrolysis) is 1. The number of rotatable bonds is 3. The van der Waals surface area contributed by atoms with E-state index < -0.39 is 29.9 Å². The summed E-state index contributed by atoms with van der Waals surface area (Å²) in [6, 6.07) is 7.13. The summed E-state index contributed by atoms with van der Waals surface area (Å²) in [5.41, 5.74) is 1.31. The minimum Gasteiger partial charge on any atom is -0.447 e. The summed E-state index contributed by atoms with van der Waals surface area (Å²) in [4.78, 5) is 36.1. The van der Waals surface area contributed by atoms with Crippen molar-refractivity contribution in [1.82, 2.24) is 5.32 Å². The molecular formula is C17H19NO5S. The Kier molecular flexibility index (Phi) is 4.91. The molecule has 1 aromatic rings. The zero-order chi connectivity index (χ0) is 17.3. The van der Waals surface area contributed by atoms with Gasteiger partial charge in [-0.1, -0.05) is 24.3 Å². The van der Waals surface area contributed by atoms with Crippen LogP contribution in [0.5, 0.6) is 0 Å². The zero-order valence-corrected chi connectivity index (χ0v) is 14.3. The third kappa shape index (κ3) is 3.32. The molecule has 1 amide bonds. The van der Waals surface area contributed by atoms with Gasteiger partial charge in [0.15, 0.2) is 0 Å². The van der Waals surface area contributed by atoms with Gasteiger partial charge >= 0.3 is 6.09 Å². The number of amides is 1. The fraction of sp³-hybridized carbons (Fsp3) is 0.471. The minimum atomic E-state index is -0.812. The van der Waals surface area contributed by atoms with Crippen molar-refractivity contribution in [2.24, 2.45) is 0 Å². The van der Waals surface area contributed by atoms with E-state index in [1.54, 1.807) is 23.9 Å². The molecule has 1 saturated heterocycles. The molecule has 1 aromatic carbocycles. The number of carbonyl (C=O) groups excluding carboxylic acids is 3. The minimum absolute atomic E-state index is 0.0161. The number of hydrogen-bond acceptors (Lipinski definition) is 6. The summed E-state index contributed by atoms with van der Waals surface area (Å²) in [7, 11) is 0. The number of benzene rings is 1. The summed E-state index contributed by atoms with van der Waals surface area (Å²) in [6.07, 6.45) is -1.73. The number of carbonyl (C=O) groups is 3. The highest BCUT2D eigenvalue weighted by Crippen LogP contribution is 2.43. The lowest BCUT2D eigenvalue weighted by Gasteiger charge is -2.38. The van der Waals surface area contributed by atoms with Crippen LogP contribution in [0.15, 0.2) is 24.3 Å². The van der Waals surface area contributed by atoms with E-state index in [4.69, 9.17) is 9.47 Å². The van der Waals surface area contributed by atoms with Crippen LogP contribution in [0.4, 0.5) is 4.79 Å². The number of fused-ring (bicyclic) bond motifs is 3. The first-order valence-electron chi connectivity index (χ1n) is 7.85. The molecule has 1 aliphatic heterocycles. The zero-order valence-electron chi connectivity index (χ0n) is 13.5. The Morgan fingerprint density at radius 2 is 2.12 bits per heavy atom. The lowest BCUT2D eigenvalue weighted by Crippen LogP contribution is -2.47. The van der Waals surface area contributed by atoms with E-state index in [-0.39, 0.29) is 17.9 Å². The lowest BCUT2D eigenvalue weighted by molar-refractivity contribution is -0.132. The Morgan fingerprint density at radius 3 is 2.88 bits per heavy atom. The van der Waals surface area contributed by atoms with Gasteiger partial charge in [0.2, 0.25) is 11.6 Å². The normalized spacial score (nSPS) is 25.9. The highest BCUT2D eigenvalue weighted by Gasteiger charge is 2.46.